The van der Waals surface area contributed by atoms with E-state index in [2.05, 4.69) is 15.5 Å². The Morgan fingerprint density at radius 2 is 1.78 bits per heavy atom. The van der Waals surface area contributed by atoms with E-state index in [1.54, 1.807) is 31.2 Å². The first-order chi connectivity index (χ1) is 13.0. The number of carbonyl (C=O) groups excluding carboxylic acids is 2. The van der Waals surface area contributed by atoms with Crippen LogP contribution in [0.2, 0.25) is 0 Å². The molecule has 3 rings (SSSR count). The molecule has 1 amide bonds. The van der Waals surface area contributed by atoms with Crippen LogP contribution in [0.15, 0.2) is 59.0 Å². The third kappa shape index (κ3) is 5.01. The number of anilines is 1. The van der Waals surface area contributed by atoms with Gasteiger partial charge in [-0.05, 0) is 36.8 Å². The third-order valence-corrected chi connectivity index (χ3v) is 3.74. The van der Waals surface area contributed by atoms with E-state index in [0.717, 1.165) is 11.1 Å². The van der Waals surface area contributed by atoms with Crippen LogP contribution in [-0.2, 0) is 20.7 Å². The Labute approximate surface area is 156 Å². The van der Waals surface area contributed by atoms with Crippen LogP contribution in [0, 0.1) is 0 Å². The molecule has 1 aromatic heterocycles. The highest BCUT2D eigenvalue weighted by molar-refractivity contribution is 5.88. The second-order valence-electron chi connectivity index (χ2n) is 6.00. The van der Waals surface area contributed by atoms with Crippen LogP contribution in [0.25, 0.3) is 11.5 Å². The minimum Gasteiger partial charge on any atom is -0.452 e. The molecule has 0 unspecified atom stereocenters. The van der Waals surface area contributed by atoms with Gasteiger partial charge in [-0.2, -0.15) is 0 Å². The molecular formula is C20H19N3O4. The smallest absolute Gasteiger partial charge is 0.311 e. The van der Waals surface area contributed by atoms with E-state index in [4.69, 9.17) is 9.15 Å². The van der Waals surface area contributed by atoms with E-state index >= 15 is 0 Å². The highest BCUT2D eigenvalue weighted by Crippen LogP contribution is 2.22. The lowest BCUT2D eigenvalue weighted by Gasteiger charge is -2.10. The van der Waals surface area contributed by atoms with Crippen LogP contribution < -0.4 is 5.32 Å². The molecule has 27 heavy (non-hydrogen) atoms. The van der Waals surface area contributed by atoms with E-state index in [1.807, 2.05) is 30.3 Å². The lowest BCUT2D eigenvalue weighted by Crippen LogP contribution is -2.12. The third-order valence-electron chi connectivity index (χ3n) is 3.74. The topological polar surface area (TPSA) is 94.3 Å². The van der Waals surface area contributed by atoms with Crippen molar-refractivity contribution in [3.05, 3.63) is 66.1 Å². The van der Waals surface area contributed by atoms with E-state index in [9.17, 15) is 9.59 Å². The van der Waals surface area contributed by atoms with Crippen molar-refractivity contribution in [1.82, 2.24) is 10.2 Å². The summed E-state index contributed by atoms with van der Waals surface area (Å²) in [4.78, 5) is 23.2. The highest BCUT2D eigenvalue weighted by Gasteiger charge is 2.19. The number of carbonyl (C=O) groups is 2. The molecule has 0 radical (unpaired) electrons. The van der Waals surface area contributed by atoms with Gasteiger partial charge in [0.25, 0.3) is 5.89 Å². The summed E-state index contributed by atoms with van der Waals surface area (Å²) in [5.41, 5.74) is 2.25. The predicted molar refractivity (Wildman–Crippen MR) is 98.7 cm³/mol. The van der Waals surface area contributed by atoms with Crippen LogP contribution in [0.1, 0.15) is 31.4 Å². The quantitative estimate of drug-likeness (QED) is 0.672. The van der Waals surface area contributed by atoms with Gasteiger partial charge in [0.05, 0.1) is 6.42 Å². The minimum absolute atomic E-state index is 0.102. The zero-order valence-electron chi connectivity index (χ0n) is 15.0. The van der Waals surface area contributed by atoms with Crippen LogP contribution in [0.4, 0.5) is 5.69 Å². The summed E-state index contributed by atoms with van der Waals surface area (Å²) in [6.07, 6.45) is -0.550. The number of hydrogen-bond acceptors (Lipinski definition) is 6. The van der Waals surface area contributed by atoms with Gasteiger partial charge in [0.1, 0.15) is 0 Å². The summed E-state index contributed by atoms with van der Waals surface area (Å²) < 4.78 is 11.0. The zero-order valence-corrected chi connectivity index (χ0v) is 15.0. The minimum atomic E-state index is -0.652. The van der Waals surface area contributed by atoms with Gasteiger partial charge < -0.3 is 14.5 Å². The molecule has 0 saturated carbocycles. The standard InChI is InChI=1S/C20H19N3O4/c1-13(19-22-23-20(27-19)16-6-4-3-5-7-16)26-18(25)12-15-8-10-17(11-9-15)21-14(2)24/h3-11,13H,12H2,1-2H3,(H,21,24)/t13-/m1/s1. The number of ether oxygens (including phenoxy) is 1. The van der Waals surface area contributed by atoms with Crippen molar-refractivity contribution in [2.45, 2.75) is 26.4 Å². The highest BCUT2D eigenvalue weighted by atomic mass is 16.6. The summed E-state index contributed by atoms with van der Waals surface area (Å²) in [6.45, 7) is 3.12. The lowest BCUT2D eigenvalue weighted by atomic mass is 10.1. The molecule has 0 saturated heterocycles. The molecular weight excluding hydrogens is 346 g/mol. The molecule has 1 heterocycles. The SMILES string of the molecule is CC(=O)Nc1ccc(CC(=O)O[C@H](C)c2nnc(-c3ccccc3)o2)cc1. The van der Waals surface area contributed by atoms with Crippen molar-refractivity contribution in [3.8, 4) is 11.5 Å². The Morgan fingerprint density at radius 1 is 1.07 bits per heavy atom. The van der Waals surface area contributed by atoms with Crippen molar-refractivity contribution in [2.24, 2.45) is 0 Å². The molecule has 0 aliphatic rings. The molecule has 0 fully saturated rings. The molecule has 2 aromatic carbocycles. The average Bonchev–Trinajstić information content (AvgIpc) is 3.14. The Kier molecular flexibility index (Phi) is 5.61. The Balaban J connectivity index is 1.58. The van der Waals surface area contributed by atoms with Crippen molar-refractivity contribution in [1.29, 1.82) is 0 Å². The lowest BCUT2D eigenvalue weighted by molar-refractivity contribution is -0.148. The number of nitrogens with zero attached hydrogens (tertiary/aromatic N) is 2. The number of amides is 1. The number of nitrogens with one attached hydrogen (secondary N) is 1. The first-order valence-electron chi connectivity index (χ1n) is 8.46. The maximum Gasteiger partial charge on any atom is 0.311 e. The van der Waals surface area contributed by atoms with Crippen LogP contribution >= 0.6 is 0 Å². The van der Waals surface area contributed by atoms with E-state index in [1.165, 1.54) is 6.92 Å². The summed E-state index contributed by atoms with van der Waals surface area (Å²) in [7, 11) is 0. The molecule has 1 N–H and O–H groups in total. The Morgan fingerprint density at radius 3 is 2.44 bits per heavy atom. The molecule has 1 atom stereocenters. The van der Waals surface area contributed by atoms with Crippen LogP contribution in [0.3, 0.4) is 0 Å². The fourth-order valence-corrected chi connectivity index (χ4v) is 2.46. The van der Waals surface area contributed by atoms with Gasteiger partial charge in [0.15, 0.2) is 6.10 Å². The number of esters is 1. The number of aromatic nitrogens is 2. The number of benzene rings is 2. The molecule has 3 aromatic rings. The first-order valence-corrected chi connectivity index (χ1v) is 8.46. The van der Waals surface area contributed by atoms with E-state index in [-0.39, 0.29) is 18.2 Å². The largest absolute Gasteiger partial charge is 0.452 e. The molecule has 0 spiro atoms. The normalized spacial score (nSPS) is 11.6. The van der Waals surface area contributed by atoms with Gasteiger partial charge in [0, 0.05) is 18.2 Å². The van der Waals surface area contributed by atoms with Crippen LogP contribution in [-0.4, -0.2) is 22.1 Å². The van der Waals surface area contributed by atoms with Crippen molar-refractivity contribution >= 4 is 17.6 Å². The maximum absolute atomic E-state index is 12.2. The van der Waals surface area contributed by atoms with Gasteiger partial charge in [0.2, 0.25) is 11.8 Å². The number of hydrogen-bond donors (Lipinski definition) is 1. The van der Waals surface area contributed by atoms with E-state index in [0.29, 0.717) is 11.6 Å². The predicted octanol–water partition coefficient (Wildman–Crippen LogP) is 3.54. The number of rotatable bonds is 6. The summed E-state index contributed by atoms with van der Waals surface area (Å²) in [6, 6.07) is 16.4. The Bertz CT molecular complexity index is 920. The van der Waals surface area contributed by atoms with Crippen LogP contribution in [0.5, 0.6) is 0 Å². The molecule has 0 aliphatic carbocycles. The van der Waals surface area contributed by atoms with Gasteiger partial charge in [-0.1, -0.05) is 30.3 Å². The first kappa shape index (κ1) is 18.3. The fraction of sp³-hybridized carbons (Fsp3) is 0.200. The second-order valence-corrected chi connectivity index (χ2v) is 6.00. The summed E-state index contributed by atoms with van der Waals surface area (Å²) in [5.74, 6) is 0.0601. The van der Waals surface area contributed by atoms with Crippen molar-refractivity contribution in [2.75, 3.05) is 5.32 Å². The zero-order chi connectivity index (χ0) is 19.2. The second kappa shape index (κ2) is 8.27. The Hall–Kier alpha value is -3.48. The van der Waals surface area contributed by atoms with Gasteiger partial charge in [-0.15, -0.1) is 10.2 Å². The fourth-order valence-electron chi connectivity index (χ4n) is 2.46. The van der Waals surface area contributed by atoms with Gasteiger partial charge >= 0.3 is 5.97 Å². The molecule has 0 bridgehead atoms. The van der Waals surface area contributed by atoms with E-state index < -0.39 is 12.1 Å². The summed E-state index contributed by atoms with van der Waals surface area (Å²) >= 11 is 0. The maximum atomic E-state index is 12.2. The van der Waals surface area contributed by atoms with Gasteiger partial charge in [-0.3, -0.25) is 9.59 Å². The average molecular weight is 365 g/mol. The molecule has 7 nitrogen and oxygen atoms in total. The monoisotopic (exact) mass is 365 g/mol. The van der Waals surface area contributed by atoms with Crippen molar-refractivity contribution in [3.63, 3.8) is 0 Å². The van der Waals surface area contributed by atoms with Crippen molar-refractivity contribution < 1.29 is 18.7 Å². The molecule has 138 valence electrons. The molecule has 0 aliphatic heterocycles. The summed E-state index contributed by atoms with van der Waals surface area (Å²) in [5, 5.41) is 10.6. The van der Waals surface area contributed by atoms with Gasteiger partial charge in [-0.25, -0.2) is 0 Å². The molecule has 7 heteroatoms.